The number of Topliss-reactive ketones (excluding diaryl/α,β-unsaturated/α-hetero) is 1. The van der Waals surface area contributed by atoms with Crippen LogP contribution in [0, 0.1) is 0 Å². The Balaban J connectivity index is 1.70. The van der Waals surface area contributed by atoms with Gasteiger partial charge in [0.05, 0.1) is 18.2 Å². The predicted octanol–water partition coefficient (Wildman–Crippen LogP) is 4.30. The number of carbonyl (C=O) groups is 2. The standard InChI is InChI=1S/C27H33N3O5S/c1-29-13-6-5-12-28-25(32)16-30-23-15-20(24(31)18-36(29,33)34)9-10-22(23)26(19-7-3-2-4-8-19)27(30)21-11-14-35-17-21/h9-11,14-15,17,19H,2-8,12-13,16,18H2,1H3,(H,28,32). The third kappa shape index (κ3) is 4.86. The molecular formula is C27H33N3O5S. The van der Waals surface area contributed by atoms with Gasteiger partial charge in [0.25, 0.3) is 0 Å². The van der Waals surface area contributed by atoms with Crippen LogP contribution in [0.5, 0.6) is 0 Å². The molecular weight excluding hydrogens is 478 g/mol. The van der Waals surface area contributed by atoms with E-state index in [-0.39, 0.29) is 12.5 Å². The van der Waals surface area contributed by atoms with E-state index in [1.165, 1.54) is 23.3 Å². The summed E-state index contributed by atoms with van der Waals surface area (Å²) < 4.78 is 34.3. The van der Waals surface area contributed by atoms with E-state index < -0.39 is 21.6 Å². The van der Waals surface area contributed by atoms with E-state index in [1.54, 1.807) is 24.7 Å². The lowest BCUT2D eigenvalue weighted by Gasteiger charge is -2.23. The summed E-state index contributed by atoms with van der Waals surface area (Å²) >= 11 is 0. The molecule has 3 heterocycles. The van der Waals surface area contributed by atoms with Gasteiger partial charge in [-0.3, -0.25) is 9.59 Å². The molecule has 1 aliphatic heterocycles. The van der Waals surface area contributed by atoms with Crippen LogP contribution in [-0.2, 0) is 21.4 Å². The lowest BCUT2D eigenvalue weighted by molar-refractivity contribution is -0.121. The zero-order valence-corrected chi connectivity index (χ0v) is 21.5. The Labute approximate surface area is 211 Å². The number of rotatable bonds is 2. The number of fused-ring (bicyclic) bond motifs is 1. The Kier molecular flexibility index (Phi) is 7.03. The van der Waals surface area contributed by atoms with Gasteiger partial charge in [-0.2, -0.15) is 0 Å². The van der Waals surface area contributed by atoms with Crippen molar-refractivity contribution in [2.24, 2.45) is 0 Å². The second kappa shape index (κ2) is 10.2. The summed E-state index contributed by atoms with van der Waals surface area (Å²) in [5.74, 6) is -0.785. The van der Waals surface area contributed by atoms with E-state index in [1.807, 2.05) is 16.7 Å². The number of furan rings is 1. The van der Waals surface area contributed by atoms with E-state index in [0.717, 1.165) is 47.8 Å². The number of carbonyl (C=O) groups excluding carboxylic acids is 2. The minimum Gasteiger partial charge on any atom is -0.472 e. The van der Waals surface area contributed by atoms with Crippen molar-refractivity contribution < 1.29 is 22.4 Å². The molecule has 0 saturated heterocycles. The molecule has 2 bridgehead atoms. The number of amides is 1. The minimum atomic E-state index is -3.73. The molecule has 1 fully saturated rings. The fourth-order valence-electron chi connectivity index (χ4n) is 5.61. The Morgan fingerprint density at radius 1 is 1.00 bits per heavy atom. The highest BCUT2D eigenvalue weighted by Gasteiger charge is 2.29. The van der Waals surface area contributed by atoms with Crippen LogP contribution in [0.2, 0.25) is 0 Å². The van der Waals surface area contributed by atoms with Gasteiger partial charge >= 0.3 is 0 Å². The molecule has 192 valence electrons. The Bertz CT molecular complexity index is 1370. The van der Waals surface area contributed by atoms with Crippen LogP contribution in [0.15, 0.2) is 41.2 Å². The largest absolute Gasteiger partial charge is 0.472 e. The summed E-state index contributed by atoms with van der Waals surface area (Å²) in [6.45, 7) is 0.881. The van der Waals surface area contributed by atoms with Crippen molar-refractivity contribution in [3.05, 3.63) is 47.9 Å². The smallest absolute Gasteiger partial charge is 0.239 e. The minimum absolute atomic E-state index is 0.111. The monoisotopic (exact) mass is 511 g/mol. The second-order valence-corrected chi connectivity index (χ2v) is 12.1. The van der Waals surface area contributed by atoms with Gasteiger partial charge in [-0.1, -0.05) is 31.4 Å². The molecule has 3 aromatic rings. The van der Waals surface area contributed by atoms with Gasteiger partial charge < -0.3 is 14.3 Å². The van der Waals surface area contributed by atoms with Crippen LogP contribution in [0.25, 0.3) is 22.2 Å². The van der Waals surface area contributed by atoms with Crippen molar-refractivity contribution in [2.45, 2.75) is 57.4 Å². The van der Waals surface area contributed by atoms with Crippen LogP contribution >= 0.6 is 0 Å². The maximum Gasteiger partial charge on any atom is 0.239 e. The fourth-order valence-corrected chi connectivity index (χ4v) is 6.74. The zero-order chi connectivity index (χ0) is 25.3. The molecule has 0 atom stereocenters. The molecule has 9 heteroatoms. The third-order valence-electron chi connectivity index (χ3n) is 7.55. The van der Waals surface area contributed by atoms with Gasteiger partial charge in [0.15, 0.2) is 5.78 Å². The van der Waals surface area contributed by atoms with Crippen LogP contribution in [0.1, 0.15) is 66.8 Å². The third-order valence-corrected chi connectivity index (χ3v) is 9.31. The molecule has 0 unspecified atom stereocenters. The number of benzene rings is 1. The van der Waals surface area contributed by atoms with Crippen molar-refractivity contribution in [3.63, 3.8) is 0 Å². The normalized spacial score (nSPS) is 20.8. The number of hydrogen-bond acceptors (Lipinski definition) is 5. The molecule has 1 aromatic carbocycles. The molecule has 1 N–H and O–H groups in total. The predicted molar refractivity (Wildman–Crippen MR) is 138 cm³/mol. The Hall–Kier alpha value is -2.91. The number of ketones is 1. The second-order valence-electron chi connectivity index (χ2n) is 9.99. The summed E-state index contributed by atoms with van der Waals surface area (Å²) in [6.07, 6.45) is 10.3. The van der Waals surface area contributed by atoms with E-state index in [9.17, 15) is 18.0 Å². The molecule has 1 aliphatic carbocycles. The summed E-state index contributed by atoms with van der Waals surface area (Å²) in [5.41, 5.74) is 4.14. The van der Waals surface area contributed by atoms with Crippen LogP contribution in [0.4, 0.5) is 0 Å². The molecule has 0 spiro atoms. The average molecular weight is 512 g/mol. The first-order valence-electron chi connectivity index (χ1n) is 12.8. The van der Waals surface area contributed by atoms with Crippen molar-refractivity contribution in [2.75, 3.05) is 25.9 Å². The zero-order valence-electron chi connectivity index (χ0n) is 20.7. The van der Waals surface area contributed by atoms with Crippen molar-refractivity contribution in [3.8, 4) is 11.3 Å². The highest BCUT2D eigenvalue weighted by atomic mass is 32.2. The first kappa shape index (κ1) is 24.8. The molecule has 5 rings (SSSR count). The average Bonchev–Trinajstić information content (AvgIpc) is 3.49. The fraction of sp³-hybridized carbons (Fsp3) is 0.481. The van der Waals surface area contributed by atoms with E-state index >= 15 is 0 Å². The van der Waals surface area contributed by atoms with Gasteiger partial charge in [-0.25, -0.2) is 12.7 Å². The molecule has 8 nitrogen and oxygen atoms in total. The van der Waals surface area contributed by atoms with E-state index in [2.05, 4.69) is 5.32 Å². The molecule has 2 aromatic heterocycles. The SMILES string of the molecule is CN1CCCCNC(=O)Cn2c(-c3ccoc3)c(C3CCCCC3)c3ccc(cc32)C(=O)CS1(=O)=O. The van der Waals surface area contributed by atoms with Gasteiger partial charge in [0.2, 0.25) is 15.9 Å². The highest BCUT2D eigenvalue weighted by molar-refractivity contribution is 7.89. The molecule has 0 radical (unpaired) electrons. The first-order chi connectivity index (χ1) is 17.3. The van der Waals surface area contributed by atoms with Crippen LogP contribution < -0.4 is 5.32 Å². The van der Waals surface area contributed by atoms with Crippen molar-refractivity contribution in [1.29, 1.82) is 0 Å². The van der Waals surface area contributed by atoms with E-state index in [0.29, 0.717) is 37.4 Å². The summed E-state index contributed by atoms with van der Waals surface area (Å²) in [6, 6.07) is 7.33. The number of hydrogen-bond donors (Lipinski definition) is 1. The van der Waals surface area contributed by atoms with Gasteiger partial charge in [0, 0.05) is 42.2 Å². The number of nitrogens with zero attached hydrogens (tertiary/aromatic N) is 2. The number of aromatic nitrogens is 1. The topological polar surface area (TPSA) is 102 Å². The lowest BCUT2D eigenvalue weighted by Crippen LogP contribution is -2.33. The first-order valence-corrected chi connectivity index (χ1v) is 14.4. The van der Waals surface area contributed by atoms with Gasteiger partial charge in [-0.05, 0) is 49.3 Å². The number of nitrogens with one attached hydrogen (secondary N) is 1. The maximum absolute atomic E-state index is 13.1. The maximum atomic E-state index is 13.1. The van der Waals surface area contributed by atoms with E-state index in [4.69, 9.17) is 4.42 Å². The Morgan fingerprint density at radius 2 is 1.81 bits per heavy atom. The molecule has 1 amide bonds. The highest BCUT2D eigenvalue weighted by Crippen LogP contribution is 2.44. The molecule has 1 saturated carbocycles. The number of sulfonamides is 1. The molecule has 2 aliphatic rings. The van der Waals surface area contributed by atoms with Crippen molar-refractivity contribution in [1.82, 2.24) is 14.2 Å². The summed E-state index contributed by atoms with van der Waals surface area (Å²) in [4.78, 5) is 26.2. The van der Waals surface area contributed by atoms with Gasteiger partial charge in [0.1, 0.15) is 12.3 Å². The quantitative estimate of drug-likeness (QED) is 0.553. The summed E-state index contributed by atoms with van der Waals surface area (Å²) in [7, 11) is -2.23. The molecule has 36 heavy (non-hydrogen) atoms. The van der Waals surface area contributed by atoms with Crippen LogP contribution in [0.3, 0.4) is 0 Å². The lowest BCUT2D eigenvalue weighted by atomic mass is 9.82. The van der Waals surface area contributed by atoms with Crippen LogP contribution in [-0.4, -0.2) is 54.9 Å². The summed E-state index contributed by atoms with van der Waals surface area (Å²) in [5, 5.41) is 4.00. The van der Waals surface area contributed by atoms with Gasteiger partial charge in [-0.15, -0.1) is 0 Å². The Morgan fingerprint density at radius 3 is 2.56 bits per heavy atom. The van der Waals surface area contributed by atoms with Crippen molar-refractivity contribution >= 4 is 32.6 Å².